The lowest BCUT2D eigenvalue weighted by molar-refractivity contribution is 0.0706. The van der Waals surface area contributed by atoms with Crippen molar-refractivity contribution >= 4 is 11.7 Å². The number of hydrogen-bond donors (Lipinski definition) is 2. The number of benzene rings is 3. The van der Waals surface area contributed by atoms with Gasteiger partial charge in [0.2, 0.25) is 0 Å². The highest BCUT2D eigenvalue weighted by molar-refractivity contribution is 6.11. The van der Waals surface area contributed by atoms with Crippen LogP contribution in [0.15, 0.2) is 66.7 Å². The van der Waals surface area contributed by atoms with Crippen LogP contribution in [0.4, 0.5) is 0 Å². The molecule has 5 heteroatoms. The predicted octanol–water partition coefficient (Wildman–Crippen LogP) is 5.96. The van der Waals surface area contributed by atoms with Gasteiger partial charge in [0.1, 0.15) is 12.4 Å². The topological polar surface area (TPSA) is 75.6 Å². The summed E-state index contributed by atoms with van der Waals surface area (Å²) in [7, 11) is 0. The van der Waals surface area contributed by atoms with Gasteiger partial charge in [-0.25, -0.2) is 5.48 Å². The Hall–Kier alpha value is -3.44. The van der Waals surface area contributed by atoms with E-state index in [0.717, 1.165) is 18.4 Å². The standard InChI is InChI=1S/C29H31NO4/c1-28(2)14-15-29(3,4)24-17-25(34-18-19-8-6-5-7-9-19)22(16-23(24)28)26(31)20-10-12-21(13-11-20)27(32)30-33/h5-13,16-17,33H,14-15,18H2,1-4H3,(H,30,32). The molecule has 2 N–H and O–H groups in total. The molecule has 1 aliphatic rings. The fourth-order valence-electron chi connectivity index (χ4n) is 4.62. The zero-order valence-corrected chi connectivity index (χ0v) is 20.1. The van der Waals surface area contributed by atoms with E-state index in [1.807, 2.05) is 36.4 Å². The molecule has 176 valence electrons. The van der Waals surface area contributed by atoms with Crippen LogP contribution in [0, 0.1) is 0 Å². The average Bonchev–Trinajstić information content (AvgIpc) is 2.85. The van der Waals surface area contributed by atoms with Gasteiger partial charge in [-0.05, 0) is 64.6 Å². The zero-order chi connectivity index (χ0) is 24.5. The van der Waals surface area contributed by atoms with E-state index in [4.69, 9.17) is 9.94 Å². The first-order chi connectivity index (χ1) is 16.1. The molecular weight excluding hydrogens is 426 g/mol. The van der Waals surface area contributed by atoms with Gasteiger partial charge >= 0.3 is 0 Å². The van der Waals surface area contributed by atoms with E-state index in [2.05, 4.69) is 33.8 Å². The summed E-state index contributed by atoms with van der Waals surface area (Å²) in [6.07, 6.45) is 2.10. The van der Waals surface area contributed by atoms with Gasteiger partial charge < -0.3 is 4.74 Å². The van der Waals surface area contributed by atoms with Crippen molar-refractivity contribution in [1.82, 2.24) is 5.48 Å². The number of fused-ring (bicyclic) bond motifs is 1. The molecule has 4 rings (SSSR count). The molecule has 0 heterocycles. The molecule has 0 spiro atoms. The van der Waals surface area contributed by atoms with E-state index in [1.165, 1.54) is 23.3 Å². The molecule has 1 amide bonds. The first kappa shape index (κ1) is 23.7. The van der Waals surface area contributed by atoms with Crippen LogP contribution in [-0.2, 0) is 17.4 Å². The number of hydrogen-bond acceptors (Lipinski definition) is 4. The molecule has 1 aliphatic carbocycles. The van der Waals surface area contributed by atoms with Crippen LogP contribution in [0.25, 0.3) is 0 Å². The Morgan fingerprint density at radius 2 is 1.41 bits per heavy atom. The Bertz CT molecular complexity index is 1210. The summed E-state index contributed by atoms with van der Waals surface area (Å²) in [5.74, 6) is -0.222. The number of nitrogens with one attached hydrogen (secondary N) is 1. The number of ketones is 1. The number of carbonyl (C=O) groups excluding carboxylic acids is 2. The highest BCUT2D eigenvalue weighted by atomic mass is 16.5. The van der Waals surface area contributed by atoms with Crippen LogP contribution >= 0.6 is 0 Å². The third-order valence-corrected chi connectivity index (χ3v) is 6.95. The Kier molecular flexibility index (Phi) is 6.32. The summed E-state index contributed by atoms with van der Waals surface area (Å²) in [5, 5.41) is 8.86. The van der Waals surface area contributed by atoms with Gasteiger partial charge in [0, 0.05) is 11.1 Å². The second kappa shape index (κ2) is 9.07. The number of rotatable bonds is 6. The monoisotopic (exact) mass is 457 g/mol. The van der Waals surface area contributed by atoms with Gasteiger partial charge in [0.05, 0.1) is 5.56 Å². The SMILES string of the molecule is CC1(C)CCC(C)(C)c2cc(C(=O)c3ccc(C(=O)NO)cc3)c(OCc3ccccc3)cc21. The molecule has 0 radical (unpaired) electrons. The van der Waals surface area contributed by atoms with Crippen molar-refractivity contribution in [2.24, 2.45) is 0 Å². The van der Waals surface area contributed by atoms with Crippen LogP contribution in [-0.4, -0.2) is 16.9 Å². The second-order valence-electron chi connectivity index (χ2n) is 10.3. The molecule has 0 atom stereocenters. The van der Waals surface area contributed by atoms with Gasteiger partial charge in [-0.15, -0.1) is 0 Å². The van der Waals surface area contributed by atoms with Crippen molar-refractivity contribution in [2.45, 2.75) is 58.0 Å². The lowest BCUT2D eigenvalue weighted by Gasteiger charge is -2.42. The van der Waals surface area contributed by atoms with E-state index in [-0.39, 0.29) is 22.2 Å². The predicted molar refractivity (Wildman–Crippen MR) is 132 cm³/mol. The summed E-state index contributed by atoms with van der Waals surface area (Å²) in [4.78, 5) is 25.3. The molecule has 0 aliphatic heterocycles. The third kappa shape index (κ3) is 4.62. The Morgan fingerprint density at radius 1 is 0.853 bits per heavy atom. The average molecular weight is 458 g/mol. The highest BCUT2D eigenvalue weighted by Crippen LogP contribution is 2.48. The molecule has 0 unspecified atom stereocenters. The Balaban J connectivity index is 1.79. The molecular formula is C29H31NO4. The van der Waals surface area contributed by atoms with Crippen LogP contribution in [0.3, 0.4) is 0 Å². The lowest BCUT2D eigenvalue weighted by Crippen LogP contribution is -2.34. The first-order valence-corrected chi connectivity index (χ1v) is 11.6. The zero-order valence-electron chi connectivity index (χ0n) is 20.1. The van der Waals surface area contributed by atoms with E-state index >= 15 is 0 Å². The second-order valence-corrected chi connectivity index (χ2v) is 10.3. The minimum absolute atomic E-state index is 0.0173. The summed E-state index contributed by atoms with van der Waals surface area (Å²) >= 11 is 0. The summed E-state index contributed by atoms with van der Waals surface area (Å²) in [6, 6.07) is 20.2. The van der Waals surface area contributed by atoms with E-state index < -0.39 is 5.91 Å². The molecule has 3 aromatic carbocycles. The number of amides is 1. The maximum absolute atomic E-state index is 13.7. The van der Waals surface area contributed by atoms with Gasteiger partial charge in [0.25, 0.3) is 5.91 Å². The normalized spacial score (nSPS) is 15.8. The number of ether oxygens (including phenoxy) is 1. The highest BCUT2D eigenvalue weighted by Gasteiger charge is 2.38. The fraction of sp³-hybridized carbons (Fsp3) is 0.310. The molecule has 34 heavy (non-hydrogen) atoms. The third-order valence-electron chi connectivity index (χ3n) is 6.95. The van der Waals surface area contributed by atoms with Crippen molar-refractivity contribution < 1.29 is 19.5 Å². The number of hydroxylamine groups is 1. The van der Waals surface area contributed by atoms with Crippen molar-refractivity contribution in [3.05, 3.63) is 100 Å². The van der Waals surface area contributed by atoms with E-state index in [9.17, 15) is 9.59 Å². The van der Waals surface area contributed by atoms with Crippen molar-refractivity contribution in [3.8, 4) is 5.75 Å². The lowest BCUT2D eigenvalue weighted by atomic mass is 9.62. The van der Waals surface area contributed by atoms with Gasteiger partial charge in [-0.2, -0.15) is 0 Å². The van der Waals surface area contributed by atoms with Gasteiger partial charge in [-0.3, -0.25) is 14.8 Å². The fourth-order valence-corrected chi connectivity index (χ4v) is 4.62. The van der Waals surface area contributed by atoms with Crippen LogP contribution in [0.2, 0.25) is 0 Å². The van der Waals surface area contributed by atoms with Crippen molar-refractivity contribution in [2.75, 3.05) is 0 Å². The minimum atomic E-state index is -0.622. The van der Waals surface area contributed by atoms with E-state index in [1.54, 1.807) is 17.6 Å². The molecule has 0 saturated carbocycles. The van der Waals surface area contributed by atoms with Crippen molar-refractivity contribution in [3.63, 3.8) is 0 Å². The van der Waals surface area contributed by atoms with Crippen LogP contribution in [0.5, 0.6) is 5.75 Å². The number of carbonyl (C=O) groups is 2. The molecule has 0 fully saturated rings. The molecule has 3 aromatic rings. The minimum Gasteiger partial charge on any atom is -0.488 e. The van der Waals surface area contributed by atoms with E-state index in [0.29, 0.717) is 23.5 Å². The molecule has 0 aromatic heterocycles. The maximum Gasteiger partial charge on any atom is 0.274 e. The largest absolute Gasteiger partial charge is 0.488 e. The molecule has 5 nitrogen and oxygen atoms in total. The summed E-state index contributed by atoms with van der Waals surface area (Å²) < 4.78 is 6.25. The first-order valence-electron chi connectivity index (χ1n) is 11.6. The summed E-state index contributed by atoms with van der Waals surface area (Å²) in [6.45, 7) is 9.30. The van der Waals surface area contributed by atoms with Gasteiger partial charge in [0.15, 0.2) is 5.78 Å². The summed E-state index contributed by atoms with van der Waals surface area (Å²) in [5.41, 5.74) is 6.20. The maximum atomic E-state index is 13.7. The van der Waals surface area contributed by atoms with Gasteiger partial charge in [-0.1, -0.05) is 70.2 Å². The Labute approximate surface area is 200 Å². The van der Waals surface area contributed by atoms with Crippen LogP contribution < -0.4 is 10.2 Å². The van der Waals surface area contributed by atoms with Crippen molar-refractivity contribution in [1.29, 1.82) is 0 Å². The van der Waals surface area contributed by atoms with Crippen LogP contribution in [0.1, 0.15) is 83.5 Å². The Morgan fingerprint density at radius 3 is 2.00 bits per heavy atom. The molecule has 0 bridgehead atoms. The molecule has 0 saturated heterocycles. The quantitative estimate of drug-likeness (QED) is 0.272. The smallest absolute Gasteiger partial charge is 0.274 e.